The minimum Gasteiger partial charge on any atom is -0.0651 e. The van der Waals surface area contributed by atoms with Crippen LogP contribution in [0.4, 0.5) is 0 Å². The van der Waals surface area contributed by atoms with Crippen LogP contribution in [0.2, 0.25) is 0 Å². The molecule has 0 radical (unpaired) electrons. The van der Waals surface area contributed by atoms with Gasteiger partial charge in [0.05, 0.1) is 0 Å². The Morgan fingerprint density at radius 2 is 1.75 bits per heavy atom. The molecule has 4 unspecified atom stereocenters. The molecule has 0 aromatic rings. The second-order valence-corrected chi connectivity index (χ2v) is 5.18. The lowest BCUT2D eigenvalue weighted by Gasteiger charge is -2.29. The van der Waals surface area contributed by atoms with Gasteiger partial charge < -0.3 is 0 Å². The largest absolute Gasteiger partial charge is 0.0651 e. The normalized spacial score (nSPS) is 47.5. The van der Waals surface area contributed by atoms with E-state index in [4.69, 9.17) is 0 Å². The van der Waals surface area contributed by atoms with Crippen molar-refractivity contribution in [2.45, 2.75) is 52.4 Å². The first-order chi connectivity index (χ1) is 5.79. The van der Waals surface area contributed by atoms with Gasteiger partial charge in [-0.2, -0.15) is 0 Å². The average Bonchev–Trinajstić information content (AvgIpc) is 2.46. The van der Waals surface area contributed by atoms with Crippen molar-refractivity contribution in [3.63, 3.8) is 0 Å². The molecule has 12 heavy (non-hydrogen) atoms. The van der Waals surface area contributed by atoms with E-state index in [1.807, 2.05) is 0 Å². The van der Waals surface area contributed by atoms with Crippen LogP contribution in [0.15, 0.2) is 0 Å². The molecule has 0 nitrogen and oxygen atoms in total. The maximum absolute atomic E-state index is 2.44. The van der Waals surface area contributed by atoms with Gasteiger partial charge in [-0.15, -0.1) is 0 Å². The molecule has 0 heteroatoms. The highest BCUT2D eigenvalue weighted by Crippen LogP contribution is 2.47. The number of rotatable bonds is 1. The van der Waals surface area contributed by atoms with E-state index in [0.717, 1.165) is 23.7 Å². The van der Waals surface area contributed by atoms with Crippen molar-refractivity contribution in [1.82, 2.24) is 0 Å². The highest BCUT2D eigenvalue weighted by atomic mass is 14.4. The average molecular weight is 166 g/mol. The molecule has 0 aromatic heterocycles. The van der Waals surface area contributed by atoms with Gasteiger partial charge >= 0.3 is 0 Å². The third-order valence-electron chi connectivity index (χ3n) is 4.25. The standard InChI is InChI=1S/C12H22/c1-3-10-7-11-5-4-9(2)6-12(11)8-10/h9-12H,3-8H2,1-2H3. The molecule has 2 aliphatic carbocycles. The summed E-state index contributed by atoms with van der Waals surface area (Å²) in [5, 5.41) is 0. The van der Waals surface area contributed by atoms with Gasteiger partial charge in [0.1, 0.15) is 0 Å². The molecule has 0 bridgehead atoms. The van der Waals surface area contributed by atoms with Crippen LogP contribution in [0.25, 0.3) is 0 Å². The summed E-state index contributed by atoms with van der Waals surface area (Å²) in [7, 11) is 0. The van der Waals surface area contributed by atoms with Crippen molar-refractivity contribution < 1.29 is 0 Å². The Bertz CT molecular complexity index is 150. The lowest BCUT2D eigenvalue weighted by Crippen LogP contribution is -2.18. The number of fused-ring (bicyclic) bond motifs is 1. The van der Waals surface area contributed by atoms with Crippen LogP contribution in [-0.2, 0) is 0 Å². The smallest absolute Gasteiger partial charge is 0.0381 e. The van der Waals surface area contributed by atoms with E-state index < -0.39 is 0 Å². The van der Waals surface area contributed by atoms with Crippen molar-refractivity contribution in [3.05, 3.63) is 0 Å². The molecule has 0 aliphatic heterocycles. The Kier molecular flexibility index (Phi) is 2.43. The van der Waals surface area contributed by atoms with Gasteiger partial charge in [-0.05, 0) is 49.4 Å². The zero-order chi connectivity index (χ0) is 8.55. The molecule has 4 atom stereocenters. The molecule has 0 aromatic carbocycles. The van der Waals surface area contributed by atoms with E-state index in [2.05, 4.69) is 13.8 Å². The maximum atomic E-state index is 2.44. The highest BCUT2D eigenvalue weighted by Gasteiger charge is 2.36. The molecular weight excluding hydrogens is 144 g/mol. The monoisotopic (exact) mass is 166 g/mol. The summed E-state index contributed by atoms with van der Waals surface area (Å²) in [6.07, 6.45) is 9.15. The van der Waals surface area contributed by atoms with E-state index >= 15 is 0 Å². The van der Waals surface area contributed by atoms with Gasteiger partial charge in [-0.3, -0.25) is 0 Å². The molecule has 0 heterocycles. The minimum atomic E-state index is 1.03. The minimum absolute atomic E-state index is 1.03. The van der Waals surface area contributed by atoms with Crippen molar-refractivity contribution >= 4 is 0 Å². The fourth-order valence-corrected chi connectivity index (χ4v) is 3.45. The van der Waals surface area contributed by atoms with Crippen LogP contribution in [0.5, 0.6) is 0 Å². The van der Waals surface area contributed by atoms with Crippen LogP contribution < -0.4 is 0 Å². The molecular formula is C12H22. The molecule has 0 amide bonds. The van der Waals surface area contributed by atoms with Crippen LogP contribution >= 0.6 is 0 Å². The summed E-state index contributed by atoms with van der Waals surface area (Å²) in [6, 6.07) is 0. The third kappa shape index (κ3) is 1.53. The van der Waals surface area contributed by atoms with Gasteiger partial charge in [0.2, 0.25) is 0 Å². The Hall–Kier alpha value is 0. The summed E-state index contributed by atoms with van der Waals surface area (Å²) in [5.74, 6) is 4.37. The predicted octanol–water partition coefficient (Wildman–Crippen LogP) is 3.86. The molecule has 0 saturated heterocycles. The zero-order valence-electron chi connectivity index (χ0n) is 8.55. The van der Waals surface area contributed by atoms with E-state index in [0.29, 0.717) is 0 Å². The van der Waals surface area contributed by atoms with Gasteiger partial charge in [0.25, 0.3) is 0 Å². The number of hydrogen-bond donors (Lipinski definition) is 0. The van der Waals surface area contributed by atoms with Gasteiger partial charge in [-0.1, -0.05) is 26.7 Å². The molecule has 0 spiro atoms. The fourth-order valence-electron chi connectivity index (χ4n) is 3.45. The predicted molar refractivity (Wildman–Crippen MR) is 53.0 cm³/mol. The summed E-state index contributed by atoms with van der Waals surface area (Å²) in [6.45, 7) is 4.81. The Labute approximate surface area is 76.7 Å². The third-order valence-corrected chi connectivity index (χ3v) is 4.25. The number of hydrogen-bond acceptors (Lipinski definition) is 0. The molecule has 2 aliphatic rings. The van der Waals surface area contributed by atoms with Crippen LogP contribution in [-0.4, -0.2) is 0 Å². The first kappa shape index (κ1) is 8.59. The van der Waals surface area contributed by atoms with E-state index in [1.54, 1.807) is 25.7 Å². The van der Waals surface area contributed by atoms with E-state index in [9.17, 15) is 0 Å². The van der Waals surface area contributed by atoms with Gasteiger partial charge in [0.15, 0.2) is 0 Å². The zero-order valence-corrected chi connectivity index (χ0v) is 8.55. The fraction of sp³-hybridized carbons (Fsp3) is 1.00. The highest BCUT2D eigenvalue weighted by molar-refractivity contribution is 4.87. The molecule has 2 fully saturated rings. The second-order valence-electron chi connectivity index (χ2n) is 5.18. The Morgan fingerprint density at radius 1 is 1.00 bits per heavy atom. The lowest BCUT2D eigenvalue weighted by atomic mass is 9.77. The molecule has 2 rings (SSSR count). The van der Waals surface area contributed by atoms with Crippen molar-refractivity contribution in [2.24, 2.45) is 23.7 Å². The van der Waals surface area contributed by atoms with Crippen molar-refractivity contribution in [1.29, 1.82) is 0 Å². The second kappa shape index (κ2) is 3.40. The Balaban J connectivity index is 1.93. The summed E-state index contributed by atoms with van der Waals surface area (Å²) >= 11 is 0. The maximum Gasteiger partial charge on any atom is -0.0381 e. The summed E-state index contributed by atoms with van der Waals surface area (Å²) in [5.41, 5.74) is 0. The van der Waals surface area contributed by atoms with Crippen LogP contribution in [0, 0.1) is 23.7 Å². The quantitative estimate of drug-likeness (QED) is 0.555. The van der Waals surface area contributed by atoms with Gasteiger partial charge in [-0.25, -0.2) is 0 Å². The molecule has 0 N–H and O–H groups in total. The summed E-state index contributed by atoms with van der Waals surface area (Å²) < 4.78 is 0. The SMILES string of the molecule is CCC1CC2CCC(C)CC2C1. The first-order valence-electron chi connectivity index (χ1n) is 5.79. The molecule has 2 saturated carbocycles. The first-order valence-corrected chi connectivity index (χ1v) is 5.79. The van der Waals surface area contributed by atoms with Crippen molar-refractivity contribution in [2.75, 3.05) is 0 Å². The van der Waals surface area contributed by atoms with Crippen molar-refractivity contribution in [3.8, 4) is 0 Å². The van der Waals surface area contributed by atoms with Crippen LogP contribution in [0.1, 0.15) is 52.4 Å². The molecule has 70 valence electrons. The van der Waals surface area contributed by atoms with Gasteiger partial charge in [0, 0.05) is 0 Å². The van der Waals surface area contributed by atoms with E-state index in [-0.39, 0.29) is 0 Å². The summed E-state index contributed by atoms with van der Waals surface area (Å²) in [4.78, 5) is 0. The lowest BCUT2D eigenvalue weighted by molar-refractivity contribution is 0.220. The topological polar surface area (TPSA) is 0 Å². The van der Waals surface area contributed by atoms with E-state index in [1.165, 1.54) is 12.8 Å². The Morgan fingerprint density at radius 3 is 2.50 bits per heavy atom. The van der Waals surface area contributed by atoms with Crippen LogP contribution in [0.3, 0.4) is 0 Å².